The molecule has 1 fully saturated rings. The number of aliphatic carboxylic acids is 1. The molecule has 1 saturated heterocycles. The van der Waals surface area contributed by atoms with Crippen LogP contribution in [0.5, 0.6) is 0 Å². The van der Waals surface area contributed by atoms with E-state index in [-0.39, 0.29) is 18.7 Å². The largest absolute Gasteiger partial charge is 0.548 e. The number of para-hydroxylation sites is 1. The minimum Gasteiger partial charge on any atom is -0.548 e. The van der Waals surface area contributed by atoms with Gasteiger partial charge in [0.25, 0.3) is 0 Å². The summed E-state index contributed by atoms with van der Waals surface area (Å²) < 4.78 is 13.4. The van der Waals surface area contributed by atoms with Crippen molar-refractivity contribution in [2.45, 2.75) is 18.6 Å². The third-order valence-electron chi connectivity index (χ3n) is 2.93. The maximum atomic E-state index is 13.4. The first-order valence-corrected chi connectivity index (χ1v) is 5.70. The van der Waals surface area contributed by atoms with Crippen molar-refractivity contribution in [3.05, 3.63) is 30.1 Å². The predicted octanol–water partition coefficient (Wildman–Crippen LogP) is -0.457. The van der Waals surface area contributed by atoms with Crippen molar-refractivity contribution in [1.29, 1.82) is 0 Å². The number of carboxylic acid groups (broad SMARTS) is 1. The van der Waals surface area contributed by atoms with Gasteiger partial charge in [0.1, 0.15) is 5.82 Å². The van der Waals surface area contributed by atoms with Crippen molar-refractivity contribution in [2.24, 2.45) is 0 Å². The fourth-order valence-electron chi connectivity index (χ4n) is 2.01. The van der Waals surface area contributed by atoms with Gasteiger partial charge in [-0.05, 0) is 12.1 Å². The van der Waals surface area contributed by atoms with Crippen LogP contribution in [0.4, 0.5) is 14.9 Å². The van der Waals surface area contributed by atoms with Crippen LogP contribution in [-0.4, -0.2) is 40.7 Å². The average molecular weight is 267 g/mol. The number of benzene rings is 1. The number of aliphatic hydroxyl groups excluding tert-OH is 1. The van der Waals surface area contributed by atoms with E-state index >= 15 is 0 Å². The number of anilines is 1. The maximum absolute atomic E-state index is 13.4. The molecule has 1 aliphatic rings. The number of likely N-dealkylation sites (tertiary alicyclic amines) is 1. The number of carbonyl (C=O) groups is 2. The van der Waals surface area contributed by atoms with E-state index in [1.165, 1.54) is 24.3 Å². The quantitative estimate of drug-likeness (QED) is 0.758. The Morgan fingerprint density at radius 1 is 1.42 bits per heavy atom. The van der Waals surface area contributed by atoms with E-state index in [1.54, 1.807) is 0 Å². The molecule has 7 heteroatoms. The Balaban J connectivity index is 2.11. The molecule has 1 aliphatic heterocycles. The van der Waals surface area contributed by atoms with Gasteiger partial charge >= 0.3 is 6.03 Å². The molecule has 0 saturated carbocycles. The van der Waals surface area contributed by atoms with Crippen LogP contribution < -0.4 is 10.4 Å². The number of urea groups is 1. The summed E-state index contributed by atoms with van der Waals surface area (Å²) in [4.78, 5) is 23.7. The summed E-state index contributed by atoms with van der Waals surface area (Å²) in [6, 6.07) is 3.54. The van der Waals surface area contributed by atoms with Gasteiger partial charge < -0.3 is 25.2 Å². The molecule has 0 bridgehead atoms. The summed E-state index contributed by atoms with van der Waals surface area (Å²) >= 11 is 0. The number of nitrogens with zero attached hydrogens (tertiary/aromatic N) is 1. The first-order valence-electron chi connectivity index (χ1n) is 5.70. The Morgan fingerprint density at radius 2 is 2.11 bits per heavy atom. The molecule has 19 heavy (non-hydrogen) atoms. The average Bonchev–Trinajstić information content (AvgIpc) is 2.74. The number of rotatable bonds is 2. The first kappa shape index (κ1) is 13.3. The molecule has 0 spiro atoms. The molecule has 0 aromatic heterocycles. The number of amides is 2. The van der Waals surface area contributed by atoms with Crippen molar-refractivity contribution < 1.29 is 24.2 Å². The number of nitrogens with one attached hydrogen (secondary N) is 1. The van der Waals surface area contributed by atoms with Gasteiger partial charge in [-0.2, -0.15) is 0 Å². The molecule has 2 rings (SSSR count). The third kappa shape index (κ3) is 2.82. The second kappa shape index (κ2) is 5.23. The molecule has 0 aliphatic carbocycles. The van der Waals surface area contributed by atoms with E-state index in [1.807, 2.05) is 0 Å². The van der Waals surface area contributed by atoms with Crippen LogP contribution >= 0.6 is 0 Å². The van der Waals surface area contributed by atoms with E-state index in [9.17, 15) is 24.2 Å². The Morgan fingerprint density at radius 3 is 2.74 bits per heavy atom. The highest BCUT2D eigenvalue weighted by Crippen LogP contribution is 2.20. The second-order valence-electron chi connectivity index (χ2n) is 4.29. The molecular formula is C12H12FN2O4-. The standard InChI is InChI=1S/C12H13FN2O4/c13-8-3-1-2-4-9(8)14-12(19)15-6-7(16)5-10(15)11(17)18/h1-4,7,10,16H,5-6H2,(H,14,19)(H,17,18)/p-1/t7-,10+/m0/s1. The molecule has 1 aromatic carbocycles. The topological polar surface area (TPSA) is 92.7 Å². The lowest BCUT2D eigenvalue weighted by molar-refractivity contribution is -0.310. The molecule has 2 amide bonds. The monoisotopic (exact) mass is 267 g/mol. The number of hydrogen-bond acceptors (Lipinski definition) is 4. The Labute approximate surface area is 108 Å². The van der Waals surface area contributed by atoms with Crippen LogP contribution in [0.15, 0.2) is 24.3 Å². The summed E-state index contributed by atoms with van der Waals surface area (Å²) in [5, 5.41) is 22.5. The van der Waals surface area contributed by atoms with Crippen LogP contribution in [0.1, 0.15) is 6.42 Å². The van der Waals surface area contributed by atoms with E-state index in [4.69, 9.17) is 0 Å². The first-order chi connectivity index (χ1) is 8.99. The lowest BCUT2D eigenvalue weighted by atomic mass is 10.2. The van der Waals surface area contributed by atoms with Gasteiger partial charge in [0.2, 0.25) is 0 Å². The highest BCUT2D eigenvalue weighted by atomic mass is 19.1. The number of carboxylic acids is 1. The van der Waals surface area contributed by atoms with Crippen molar-refractivity contribution in [2.75, 3.05) is 11.9 Å². The number of aliphatic hydroxyl groups is 1. The zero-order valence-corrected chi connectivity index (χ0v) is 9.88. The number of β-amino-alcohol motifs (C(OH)–C–C–N with tert-alkyl or cyclic N) is 1. The lowest BCUT2D eigenvalue weighted by Gasteiger charge is -2.25. The van der Waals surface area contributed by atoms with Crippen molar-refractivity contribution in [1.82, 2.24) is 4.90 Å². The van der Waals surface area contributed by atoms with E-state index in [0.29, 0.717) is 0 Å². The molecule has 2 N–H and O–H groups in total. The van der Waals surface area contributed by atoms with Gasteiger partial charge in [0.05, 0.1) is 23.8 Å². The van der Waals surface area contributed by atoms with Crippen LogP contribution in [-0.2, 0) is 4.79 Å². The maximum Gasteiger partial charge on any atom is 0.322 e. The molecule has 0 unspecified atom stereocenters. The van der Waals surface area contributed by atoms with Crippen molar-refractivity contribution >= 4 is 17.7 Å². The van der Waals surface area contributed by atoms with Crippen LogP contribution in [0.3, 0.4) is 0 Å². The van der Waals surface area contributed by atoms with Crippen LogP contribution in [0.2, 0.25) is 0 Å². The van der Waals surface area contributed by atoms with Crippen LogP contribution in [0.25, 0.3) is 0 Å². The summed E-state index contributed by atoms with van der Waals surface area (Å²) in [5.74, 6) is -2.07. The number of carbonyl (C=O) groups excluding carboxylic acids is 2. The van der Waals surface area contributed by atoms with Gasteiger partial charge in [-0.1, -0.05) is 12.1 Å². The summed E-state index contributed by atoms with van der Waals surface area (Å²) in [6.07, 6.45) is -1.01. The van der Waals surface area contributed by atoms with Crippen LogP contribution in [0, 0.1) is 5.82 Å². The van der Waals surface area contributed by atoms with Gasteiger partial charge in [-0.3, -0.25) is 0 Å². The number of hydrogen-bond donors (Lipinski definition) is 2. The van der Waals surface area contributed by atoms with E-state index in [0.717, 1.165) is 4.90 Å². The Kier molecular flexibility index (Phi) is 3.66. The predicted molar refractivity (Wildman–Crippen MR) is 61.5 cm³/mol. The van der Waals surface area contributed by atoms with Crippen molar-refractivity contribution in [3.8, 4) is 0 Å². The van der Waals surface area contributed by atoms with E-state index < -0.39 is 30.0 Å². The fourth-order valence-corrected chi connectivity index (χ4v) is 2.01. The third-order valence-corrected chi connectivity index (χ3v) is 2.93. The van der Waals surface area contributed by atoms with Gasteiger partial charge in [-0.25, -0.2) is 9.18 Å². The Bertz CT molecular complexity index is 508. The van der Waals surface area contributed by atoms with Gasteiger partial charge in [-0.15, -0.1) is 0 Å². The minimum absolute atomic E-state index is 0.0500. The van der Waals surface area contributed by atoms with Gasteiger partial charge in [0, 0.05) is 13.0 Å². The molecular weight excluding hydrogens is 255 g/mol. The summed E-state index contributed by atoms with van der Waals surface area (Å²) in [7, 11) is 0. The highest BCUT2D eigenvalue weighted by molar-refractivity contribution is 5.92. The second-order valence-corrected chi connectivity index (χ2v) is 4.29. The Hall–Kier alpha value is -2.15. The zero-order chi connectivity index (χ0) is 14.0. The molecule has 2 atom stereocenters. The number of halogens is 1. The highest BCUT2D eigenvalue weighted by Gasteiger charge is 2.35. The van der Waals surface area contributed by atoms with Gasteiger partial charge in [0.15, 0.2) is 0 Å². The minimum atomic E-state index is -1.44. The molecule has 0 radical (unpaired) electrons. The SMILES string of the molecule is O=C([O-])[C@H]1C[C@H](O)CN1C(=O)Nc1ccccc1F. The molecule has 6 nitrogen and oxygen atoms in total. The van der Waals surface area contributed by atoms with E-state index in [2.05, 4.69) is 5.32 Å². The molecule has 1 aromatic rings. The summed E-state index contributed by atoms with van der Waals surface area (Å²) in [5.41, 5.74) is -0.0500. The van der Waals surface area contributed by atoms with Crippen molar-refractivity contribution in [3.63, 3.8) is 0 Å². The normalized spacial score (nSPS) is 22.3. The molecule has 1 heterocycles. The zero-order valence-electron chi connectivity index (χ0n) is 9.88. The smallest absolute Gasteiger partial charge is 0.322 e. The summed E-state index contributed by atoms with van der Waals surface area (Å²) in [6.45, 7) is -0.126. The molecule has 102 valence electrons. The lowest BCUT2D eigenvalue weighted by Crippen LogP contribution is -2.48. The fraction of sp³-hybridized carbons (Fsp3) is 0.333.